The third-order valence-corrected chi connectivity index (χ3v) is 3.05. The number of aromatic amines is 1. The van der Waals surface area contributed by atoms with Crippen LogP contribution in [0.15, 0.2) is 48.5 Å². The Bertz CT molecular complexity index is 697. The lowest BCUT2D eigenvalue weighted by Crippen LogP contribution is -2.08. The molecule has 3 N–H and O–H groups in total. The highest BCUT2D eigenvalue weighted by molar-refractivity contribution is 7.80. The van der Waals surface area contributed by atoms with E-state index in [0.29, 0.717) is 4.99 Å². The van der Waals surface area contributed by atoms with Crippen LogP contribution in [-0.2, 0) is 0 Å². The van der Waals surface area contributed by atoms with Crippen molar-refractivity contribution in [3.63, 3.8) is 0 Å². The molecule has 3 aromatic rings. The van der Waals surface area contributed by atoms with Gasteiger partial charge in [0.2, 0.25) is 0 Å². The zero-order valence-corrected chi connectivity index (χ0v) is 10.4. The van der Waals surface area contributed by atoms with Gasteiger partial charge in [0, 0.05) is 11.1 Å². The highest BCUT2D eigenvalue weighted by Crippen LogP contribution is 2.21. The fraction of sp³-hybridized carbons (Fsp3) is 0. The van der Waals surface area contributed by atoms with E-state index in [4.69, 9.17) is 18.0 Å². The number of nitrogens with zero attached hydrogens (tertiary/aromatic N) is 1. The molecule has 0 amide bonds. The van der Waals surface area contributed by atoms with E-state index in [1.807, 2.05) is 48.5 Å². The summed E-state index contributed by atoms with van der Waals surface area (Å²) in [6, 6.07) is 15.7. The van der Waals surface area contributed by atoms with Crippen molar-refractivity contribution in [3.8, 4) is 11.4 Å². The van der Waals surface area contributed by atoms with Crippen LogP contribution in [0.1, 0.15) is 5.56 Å². The number of rotatable bonds is 2. The smallest absolute Gasteiger partial charge is 0.138 e. The summed E-state index contributed by atoms with van der Waals surface area (Å²) in [7, 11) is 0. The van der Waals surface area contributed by atoms with Gasteiger partial charge in [-0.3, -0.25) is 0 Å². The molecule has 18 heavy (non-hydrogen) atoms. The molecule has 0 aliphatic carbocycles. The molecule has 0 radical (unpaired) electrons. The van der Waals surface area contributed by atoms with Crippen molar-refractivity contribution in [3.05, 3.63) is 54.1 Å². The van der Waals surface area contributed by atoms with Crippen LogP contribution in [0.5, 0.6) is 0 Å². The summed E-state index contributed by atoms with van der Waals surface area (Å²) in [5, 5.41) is 0. The van der Waals surface area contributed by atoms with Gasteiger partial charge in [-0.15, -0.1) is 0 Å². The number of benzene rings is 2. The Labute approximate surface area is 110 Å². The molecular weight excluding hydrogens is 242 g/mol. The topological polar surface area (TPSA) is 54.7 Å². The average Bonchev–Trinajstić information content (AvgIpc) is 2.82. The first-order valence-electron chi connectivity index (χ1n) is 5.59. The molecule has 3 nitrogen and oxygen atoms in total. The maximum absolute atomic E-state index is 5.64. The largest absolute Gasteiger partial charge is 0.389 e. The Kier molecular flexibility index (Phi) is 2.57. The van der Waals surface area contributed by atoms with Crippen molar-refractivity contribution in [1.29, 1.82) is 0 Å². The predicted octanol–water partition coefficient (Wildman–Crippen LogP) is 2.86. The van der Waals surface area contributed by atoms with E-state index < -0.39 is 0 Å². The summed E-state index contributed by atoms with van der Waals surface area (Å²) in [5.74, 6) is 0.828. The molecule has 0 saturated carbocycles. The van der Waals surface area contributed by atoms with E-state index in [-0.39, 0.29) is 0 Å². The van der Waals surface area contributed by atoms with E-state index in [0.717, 1.165) is 28.0 Å². The highest BCUT2D eigenvalue weighted by Gasteiger charge is 2.06. The third kappa shape index (κ3) is 1.87. The maximum atomic E-state index is 5.64. The molecule has 2 aromatic carbocycles. The van der Waals surface area contributed by atoms with Gasteiger partial charge in [-0.05, 0) is 18.2 Å². The lowest BCUT2D eigenvalue weighted by Gasteiger charge is -2.00. The number of fused-ring (bicyclic) bond motifs is 1. The number of hydrogen-bond acceptors (Lipinski definition) is 2. The van der Waals surface area contributed by atoms with Gasteiger partial charge in [-0.1, -0.05) is 42.5 Å². The molecule has 1 heterocycles. The molecule has 0 atom stereocenters. The summed E-state index contributed by atoms with van der Waals surface area (Å²) < 4.78 is 0. The fourth-order valence-corrected chi connectivity index (χ4v) is 2.04. The molecule has 4 heteroatoms. The zero-order chi connectivity index (χ0) is 12.5. The first-order chi connectivity index (χ1) is 8.74. The van der Waals surface area contributed by atoms with Crippen molar-refractivity contribution in [1.82, 2.24) is 9.97 Å². The average molecular weight is 253 g/mol. The normalized spacial score (nSPS) is 10.7. The Balaban J connectivity index is 2.13. The number of aromatic nitrogens is 2. The minimum Gasteiger partial charge on any atom is -0.389 e. The number of nitrogens with one attached hydrogen (secondary N) is 1. The molecule has 0 aliphatic rings. The standard InChI is InChI=1S/C14H11N3S/c15-13(18)9-4-3-5-10(8-9)14-16-11-6-1-2-7-12(11)17-14/h1-8H,(H2,15,18)(H,16,17). The fourth-order valence-electron chi connectivity index (χ4n) is 1.91. The van der Waals surface area contributed by atoms with Crippen LogP contribution in [0, 0.1) is 0 Å². The van der Waals surface area contributed by atoms with Crippen LogP contribution in [-0.4, -0.2) is 15.0 Å². The van der Waals surface area contributed by atoms with Crippen LogP contribution < -0.4 is 5.73 Å². The van der Waals surface area contributed by atoms with Gasteiger partial charge in [0.1, 0.15) is 10.8 Å². The second-order valence-electron chi connectivity index (χ2n) is 4.05. The third-order valence-electron chi connectivity index (χ3n) is 2.81. The van der Waals surface area contributed by atoms with Crippen LogP contribution in [0.3, 0.4) is 0 Å². The summed E-state index contributed by atoms with van der Waals surface area (Å²) >= 11 is 4.98. The molecule has 88 valence electrons. The van der Waals surface area contributed by atoms with Gasteiger partial charge in [0.25, 0.3) is 0 Å². The van der Waals surface area contributed by atoms with E-state index in [1.165, 1.54) is 0 Å². The first-order valence-corrected chi connectivity index (χ1v) is 6.00. The highest BCUT2D eigenvalue weighted by atomic mass is 32.1. The molecule has 3 rings (SSSR count). The number of H-pyrrole nitrogens is 1. The maximum Gasteiger partial charge on any atom is 0.138 e. The van der Waals surface area contributed by atoms with Crippen molar-refractivity contribution in [2.45, 2.75) is 0 Å². The molecular formula is C14H11N3S. The second-order valence-corrected chi connectivity index (χ2v) is 4.49. The van der Waals surface area contributed by atoms with Gasteiger partial charge < -0.3 is 10.7 Å². The van der Waals surface area contributed by atoms with Crippen molar-refractivity contribution >= 4 is 28.2 Å². The quantitative estimate of drug-likeness (QED) is 0.690. The second kappa shape index (κ2) is 4.23. The SMILES string of the molecule is NC(=S)c1cccc(-c2nc3ccccc3[nH]2)c1. The van der Waals surface area contributed by atoms with Crippen molar-refractivity contribution < 1.29 is 0 Å². The number of para-hydroxylation sites is 2. The van der Waals surface area contributed by atoms with Gasteiger partial charge in [-0.2, -0.15) is 0 Å². The monoisotopic (exact) mass is 253 g/mol. The summed E-state index contributed by atoms with van der Waals surface area (Å²) in [6.45, 7) is 0. The summed E-state index contributed by atoms with van der Waals surface area (Å²) in [5.41, 5.74) is 9.44. The van der Waals surface area contributed by atoms with Crippen LogP contribution in [0.2, 0.25) is 0 Å². The van der Waals surface area contributed by atoms with Gasteiger partial charge in [0.15, 0.2) is 0 Å². The zero-order valence-electron chi connectivity index (χ0n) is 9.55. The molecule has 1 aromatic heterocycles. The van der Waals surface area contributed by atoms with E-state index >= 15 is 0 Å². The summed E-state index contributed by atoms with van der Waals surface area (Å²) in [6.07, 6.45) is 0. The molecule has 0 unspecified atom stereocenters. The van der Waals surface area contributed by atoms with Crippen LogP contribution in [0.4, 0.5) is 0 Å². The lowest BCUT2D eigenvalue weighted by atomic mass is 10.1. The Morgan fingerprint density at radius 3 is 2.72 bits per heavy atom. The van der Waals surface area contributed by atoms with Gasteiger partial charge >= 0.3 is 0 Å². The minimum absolute atomic E-state index is 0.396. The summed E-state index contributed by atoms with van der Waals surface area (Å²) in [4.78, 5) is 8.22. The minimum atomic E-state index is 0.396. The predicted molar refractivity (Wildman–Crippen MR) is 77.4 cm³/mol. The molecule has 0 saturated heterocycles. The van der Waals surface area contributed by atoms with Crippen LogP contribution >= 0.6 is 12.2 Å². The van der Waals surface area contributed by atoms with Crippen molar-refractivity contribution in [2.24, 2.45) is 5.73 Å². The Morgan fingerprint density at radius 1 is 1.11 bits per heavy atom. The molecule has 0 bridgehead atoms. The Hall–Kier alpha value is -2.20. The van der Waals surface area contributed by atoms with E-state index in [9.17, 15) is 0 Å². The number of nitrogens with two attached hydrogens (primary N) is 1. The first kappa shape index (κ1) is 10.9. The lowest BCUT2D eigenvalue weighted by molar-refractivity contribution is 1.33. The van der Waals surface area contributed by atoms with Gasteiger partial charge in [0.05, 0.1) is 11.0 Å². The molecule has 0 aliphatic heterocycles. The van der Waals surface area contributed by atoms with Gasteiger partial charge in [-0.25, -0.2) is 4.98 Å². The van der Waals surface area contributed by atoms with E-state index in [2.05, 4.69) is 9.97 Å². The number of hydrogen-bond donors (Lipinski definition) is 2. The number of thiocarbonyl (C=S) groups is 1. The van der Waals surface area contributed by atoms with Crippen molar-refractivity contribution in [2.75, 3.05) is 0 Å². The Morgan fingerprint density at radius 2 is 1.94 bits per heavy atom. The number of imidazole rings is 1. The van der Waals surface area contributed by atoms with E-state index in [1.54, 1.807) is 0 Å². The molecule has 0 spiro atoms. The molecule has 0 fully saturated rings. The van der Waals surface area contributed by atoms with Crippen LogP contribution in [0.25, 0.3) is 22.4 Å².